The highest BCUT2D eigenvalue weighted by atomic mass is 32.2. The van der Waals surface area contributed by atoms with E-state index in [-0.39, 0.29) is 17.2 Å². The van der Waals surface area contributed by atoms with Crippen molar-refractivity contribution in [2.75, 3.05) is 17.7 Å². The van der Waals surface area contributed by atoms with E-state index >= 15 is 0 Å². The number of carbonyl (C=O) groups excluding carboxylic acids is 2. The van der Waals surface area contributed by atoms with Crippen LogP contribution >= 0.6 is 23.1 Å². The third kappa shape index (κ3) is 7.69. The summed E-state index contributed by atoms with van der Waals surface area (Å²) in [6.45, 7) is 6.10. The summed E-state index contributed by atoms with van der Waals surface area (Å²) in [4.78, 5) is 31.3. The molecule has 0 saturated carbocycles. The second kappa shape index (κ2) is 12.3. The van der Waals surface area contributed by atoms with Gasteiger partial charge >= 0.3 is 0 Å². The Morgan fingerprint density at radius 1 is 0.974 bits per heavy atom. The molecule has 38 heavy (non-hydrogen) atoms. The molecule has 1 aromatic heterocycles. The van der Waals surface area contributed by atoms with E-state index in [1.165, 1.54) is 23.1 Å². The standard InChI is InChI=1S/C30H31N3O3S2/c1-30(2,3)18-26(34)31-22-13-15-24(16-14-22)38-27(20-9-6-5-7-10-20)28(35)33-29-32-25(19-37-29)21-11-8-12-23(17-21)36-4/h5-17,19,27H,18H2,1-4H3,(H,31,34)(H,32,33,35). The Balaban J connectivity index is 1.47. The molecular formula is C30H31N3O3S2. The summed E-state index contributed by atoms with van der Waals surface area (Å²) >= 11 is 2.83. The van der Waals surface area contributed by atoms with Crippen molar-refractivity contribution in [2.45, 2.75) is 37.3 Å². The molecule has 0 bridgehead atoms. The van der Waals surface area contributed by atoms with Gasteiger partial charge in [-0.25, -0.2) is 4.98 Å². The highest BCUT2D eigenvalue weighted by Crippen LogP contribution is 2.37. The molecule has 2 N–H and O–H groups in total. The Morgan fingerprint density at radius 2 is 1.71 bits per heavy atom. The molecule has 1 unspecified atom stereocenters. The first kappa shape index (κ1) is 27.4. The van der Waals surface area contributed by atoms with Gasteiger partial charge < -0.3 is 15.4 Å². The van der Waals surface area contributed by atoms with E-state index in [2.05, 4.69) is 15.6 Å². The quantitative estimate of drug-likeness (QED) is 0.211. The second-order valence-corrected chi connectivity index (χ2v) is 12.0. The molecule has 4 aromatic rings. The summed E-state index contributed by atoms with van der Waals surface area (Å²) in [7, 11) is 1.63. The number of rotatable bonds is 9. The zero-order chi connectivity index (χ0) is 27.1. The van der Waals surface area contributed by atoms with Gasteiger partial charge in [-0.15, -0.1) is 23.1 Å². The maximum atomic E-state index is 13.5. The average Bonchev–Trinajstić information content (AvgIpc) is 3.36. The molecule has 1 heterocycles. The first-order valence-corrected chi connectivity index (χ1v) is 14.0. The number of hydrogen-bond donors (Lipinski definition) is 2. The molecule has 0 spiro atoms. The van der Waals surface area contributed by atoms with Crippen LogP contribution in [0.2, 0.25) is 0 Å². The zero-order valence-corrected chi connectivity index (χ0v) is 23.5. The number of ether oxygens (including phenoxy) is 1. The summed E-state index contributed by atoms with van der Waals surface area (Å²) < 4.78 is 5.31. The fraction of sp³-hybridized carbons (Fsp3) is 0.233. The summed E-state index contributed by atoms with van der Waals surface area (Å²) in [5, 5.41) is 7.91. The van der Waals surface area contributed by atoms with E-state index in [0.29, 0.717) is 11.6 Å². The van der Waals surface area contributed by atoms with Crippen molar-refractivity contribution >= 4 is 45.7 Å². The number of anilines is 2. The van der Waals surface area contributed by atoms with Crippen molar-refractivity contribution < 1.29 is 14.3 Å². The van der Waals surface area contributed by atoms with Crippen LogP contribution in [-0.4, -0.2) is 23.9 Å². The fourth-order valence-electron chi connectivity index (χ4n) is 3.76. The third-order valence-corrected chi connectivity index (χ3v) is 7.55. The van der Waals surface area contributed by atoms with Crippen LogP contribution in [0.15, 0.2) is 89.1 Å². The van der Waals surface area contributed by atoms with Crippen molar-refractivity contribution in [1.82, 2.24) is 4.98 Å². The van der Waals surface area contributed by atoms with Gasteiger partial charge in [0, 0.05) is 27.9 Å². The van der Waals surface area contributed by atoms with E-state index in [1.807, 2.05) is 105 Å². The molecule has 4 rings (SSSR count). The van der Waals surface area contributed by atoms with Crippen LogP contribution in [0.1, 0.15) is 38.0 Å². The predicted molar refractivity (Wildman–Crippen MR) is 157 cm³/mol. The number of thiazole rings is 1. The lowest BCUT2D eigenvalue weighted by atomic mass is 9.92. The first-order chi connectivity index (χ1) is 18.2. The Kier molecular flexibility index (Phi) is 8.86. The molecule has 6 nitrogen and oxygen atoms in total. The number of methoxy groups -OCH3 is 1. The van der Waals surface area contributed by atoms with E-state index in [0.717, 1.165) is 33.2 Å². The number of thioether (sulfide) groups is 1. The Hall–Kier alpha value is -3.62. The molecule has 0 aliphatic heterocycles. The van der Waals surface area contributed by atoms with Gasteiger partial charge in [0.05, 0.1) is 12.8 Å². The van der Waals surface area contributed by atoms with Crippen LogP contribution in [0.4, 0.5) is 10.8 Å². The first-order valence-electron chi connectivity index (χ1n) is 12.2. The number of benzene rings is 3. The molecule has 3 aromatic carbocycles. The van der Waals surface area contributed by atoms with Crippen LogP contribution < -0.4 is 15.4 Å². The van der Waals surface area contributed by atoms with Crippen molar-refractivity contribution in [2.24, 2.45) is 5.41 Å². The topological polar surface area (TPSA) is 80.3 Å². The lowest BCUT2D eigenvalue weighted by Gasteiger charge is -2.18. The zero-order valence-electron chi connectivity index (χ0n) is 21.9. The highest BCUT2D eigenvalue weighted by Gasteiger charge is 2.23. The highest BCUT2D eigenvalue weighted by molar-refractivity contribution is 8.00. The minimum Gasteiger partial charge on any atom is -0.497 e. The number of nitrogens with zero attached hydrogens (tertiary/aromatic N) is 1. The van der Waals surface area contributed by atoms with Crippen LogP contribution in [0, 0.1) is 5.41 Å². The van der Waals surface area contributed by atoms with E-state index in [9.17, 15) is 9.59 Å². The van der Waals surface area contributed by atoms with Gasteiger partial charge in [0.15, 0.2) is 5.13 Å². The molecular weight excluding hydrogens is 514 g/mol. The molecule has 2 amide bonds. The molecule has 0 aliphatic rings. The maximum Gasteiger partial charge on any atom is 0.244 e. The van der Waals surface area contributed by atoms with E-state index in [4.69, 9.17) is 4.74 Å². The van der Waals surface area contributed by atoms with Crippen LogP contribution in [0.5, 0.6) is 5.75 Å². The fourth-order valence-corrected chi connectivity index (χ4v) is 5.50. The summed E-state index contributed by atoms with van der Waals surface area (Å²) in [6.07, 6.45) is 0.441. The van der Waals surface area contributed by atoms with Gasteiger partial charge in [0.2, 0.25) is 11.8 Å². The van der Waals surface area contributed by atoms with Crippen molar-refractivity contribution in [3.63, 3.8) is 0 Å². The Bertz CT molecular complexity index is 1380. The maximum absolute atomic E-state index is 13.5. The van der Waals surface area contributed by atoms with Crippen molar-refractivity contribution in [1.29, 1.82) is 0 Å². The number of amides is 2. The van der Waals surface area contributed by atoms with Gasteiger partial charge in [0.25, 0.3) is 0 Å². The monoisotopic (exact) mass is 545 g/mol. The predicted octanol–water partition coefficient (Wildman–Crippen LogP) is 7.67. The summed E-state index contributed by atoms with van der Waals surface area (Å²) in [5.41, 5.74) is 3.24. The molecule has 0 fully saturated rings. The normalized spacial score (nSPS) is 12.0. The minimum atomic E-state index is -0.485. The SMILES string of the molecule is COc1cccc(-c2csc(NC(=O)C(Sc3ccc(NC(=O)CC(C)(C)C)cc3)c3ccccc3)n2)c1. The molecule has 0 aliphatic carbocycles. The lowest BCUT2D eigenvalue weighted by Crippen LogP contribution is -2.19. The Morgan fingerprint density at radius 3 is 2.39 bits per heavy atom. The molecule has 196 valence electrons. The largest absolute Gasteiger partial charge is 0.497 e. The van der Waals surface area contributed by atoms with Gasteiger partial charge in [-0.1, -0.05) is 63.2 Å². The smallest absolute Gasteiger partial charge is 0.244 e. The van der Waals surface area contributed by atoms with E-state index in [1.54, 1.807) is 7.11 Å². The molecule has 0 saturated heterocycles. The minimum absolute atomic E-state index is 0.0174. The summed E-state index contributed by atoms with van der Waals surface area (Å²) in [6, 6.07) is 24.9. The van der Waals surface area contributed by atoms with Gasteiger partial charge in [-0.2, -0.15) is 0 Å². The van der Waals surface area contributed by atoms with Gasteiger partial charge in [-0.05, 0) is 47.4 Å². The molecule has 1 atom stereocenters. The van der Waals surface area contributed by atoms with Gasteiger partial charge in [0.1, 0.15) is 11.0 Å². The van der Waals surface area contributed by atoms with Crippen LogP contribution in [-0.2, 0) is 9.59 Å². The molecule has 8 heteroatoms. The number of hydrogen-bond acceptors (Lipinski definition) is 6. The van der Waals surface area contributed by atoms with Gasteiger partial charge in [-0.3, -0.25) is 9.59 Å². The third-order valence-electron chi connectivity index (χ3n) is 5.52. The second-order valence-electron chi connectivity index (χ2n) is 9.98. The number of carbonyl (C=O) groups is 2. The van der Waals surface area contributed by atoms with Crippen LogP contribution in [0.3, 0.4) is 0 Å². The average molecular weight is 546 g/mol. The number of nitrogens with one attached hydrogen (secondary N) is 2. The summed E-state index contributed by atoms with van der Waals surface area (Å²) in [5.74, 6) is 0.577. The molecule has 0 radical (unpaired) electrons. The van der Waals surface area contributed by atoms with Crippen molar-refractivity contribution in [3.8, 4) is 17.0 Å². The van der Waals surface area contributed by atoms with Crippen molar-refractivity contribution in [3.05, 3.63) is 89.8 Å². The lowest BCUT2D eigenvalue weighted by molar-refractivity contribution is -0.118. The number of aromatic nitrogens is 1. The van der Waals surface area contributed by atoms with E-state index < -0.39 is 5.25 Å². The Labute approximate surface area is 231 Å². The van der Waals surface area contributed by atoms with Crippen LogP contribution in [0.25, 0.3) is 11.3 Å².